The van der Waals surface area contributed by atoms with Crippen molar-refractivity contribution in [3.05, 3.63) is 54.1 Å². The van der Waals surface area contributed by atoms with E-state index in [9.17, 15) is 13.2 Å². The molecule has 1 N–H and O–H groups in total. The third-order valence-electron chi connectivity index (χ3n) is 5.35. The van der Waals surface area contributed by atoms with Crippen molar-refractivity contribution in [3.8, 4) is 5.75 Å². The van der Waals surface area contributed by atoms with Crippen LogP contribution in [0.1, 0.15) is 45.1 Å². The van der Waals surface area contributed by atoms with Crippen LogP contribution < -0.4 is 10.1 Å². The molecule has 7 heteroatoms. The van der Waals surface area contributed by atoms with Gasteiger partial charge in [-0.25, -0.2) is 8.42 Å². The summed E-state index contributed by atoms with van der Waals surface area (Å²) in [7, 11) is -3.50. The molecule has 0 unspecified atom stereocenters. The number of hydrogen-bond donors (Lipinski definition) is 1. The smallest absolute Gasteiger partial charge is 0.265 e. The third kappa shape index (κ3) is 5.40. The highest BCUT2D eigenvalue weighted by atomic mass is 32.2. The molecule has 1 fully saturated rings. The highest BCUT2D eigenvalue weighted by Gasteiger charge is 2.25. The quantitative estimate of drug-likeness (QED) is 0.714. The van der Waals surface area contributed by atoms with Crippen LogP contribution in [0.2, 0.25) is 0 Å². The molecule has 0 aliphatic carbocycles. The van der Waals surface area contributed by atoms with Gasteiger partial charge in [0, 0.05) is 18.8 Å². The van der Waals surface area contributed by atoms with Gasteiger partial charge in [0.1, 0.15) is 5.75 Å². The van der Waals surface area contributed by atoms with Gasteiger partial charge in [0.25, 0.3) is 5.91 Å². The molecule has 1 atom stereocenters. The van der Waals surface area contributed by atoms with Crippen LogP contribution >= 0.6 is 0 Å². The zero-order valence-electron chi connectivity index (χ0n) is 17.6. The molecule has 1 saturated heterocycles. The minimum Gasteiger partial charge on any atom is -0.481 e. The standard InChI is InChI=1S/C23H30N2O4S/c1-3-19-10-6-7-11-22(19)29-18(2)23(26)24-20-12-14-21(15-13-20)30(27,28)25-16-8-4-5-9-17-25/h6-7,10-15,18H,3-5,8-9,16-17H2,1-2H3,(H,24,26)/t18-/m0/s1. The van der Waals surface area contributed by atoms with Crippen molar-refractivity contribution in [1.82, 2.24) is 4.31 Å². The Balaban J connectivity index is 1.64. The largest absolute Gasteiger partial charge is 0.481 e. The van der Waals surface area contributed by atoms with Crippen LogP contribution in [0.3, 0.4) is 0 Å². The maximum atomic E-state index is 12.9. The molecule has 6 nitrogen and oxygen atoms in total. The average molecular weight is 431 g/mol. The number of para-hydroxylation sites is 1. The molecule has 30 heavy (non-hydrogen) atoms. The van der Waals surface area contributed by atoms with E-state index in [0.717, 1.165) is 37.7 Å². The number of nitrogens with one attached hydrogen (secondary N) is 1. The van der Waals surface area contributed by atoms with Gasteiger partial charge < -0.3 is 10.1 Å². The molecule has 0 bridgehead atoms. The lowest BCUT2D eigenvalue weighted by molar-refractivity contribution is -0.122. The summed E-state index contributed by atoms with van der Waals surface area (Å²) in [4.78, 5) is 12.8. The first kappa shape index (κ1) is 22.3. The summed E-state index contributed by atoms with van der Waals surface area (Å²) in [5.41, 5.74) is 1.58. The Bertz CT molecular complexity index is 949. The number of benzene rings is 2. The van der Waals surface area contributed by atoms with Gasteiger partial charge in [-0.2, -0.15) is 4.31 Å². The molecule has 1 aliphatic heterocycles. The Morgan fingerprint density at radius 1 is 1.03 bits per heavy atom. The number of anilines is 1. The second-order valence-corrected chi connectivity index (χ2v) is 9.49. The van der Waals surface area contributed by atoms with Crippen LogP contribution in [0.15, 0.2) is 53.4 Å². The van der Waals surface area contributed by atoms with Crippen molar-refractivity contribution in [3.63, 3.8) is 0 Å². The van der Waals surface area contributed by atoms with Gasteiger partial charge in [-0.15, -0.1) is 0 Å². The fraction of sp³-hybridized carbons (Fsp3) is 0.435. The first-order valence-corrected chi connectivity index (χ1v) is 12.0. The summed E-state index contributed by atoms with van der Waals surface area (Å²) < 4.78 is 33.1. The Morgan fingerprint density at radius 2 is 1.67 bits per heavy atom. The van der Waals surface area contributed by atoms with Crippen molar-refractivity contribution < 1.29 is 17.9 Å². The highest BCUT2D eigenvalue weighted by Crippen LogP contribution is 2.23. The van der Waals surface area contributed by atoms with Crippen LogP contribution in [0.4, 0.5) is 5.69 Å². The maximum absolute atomic E-state index is 12.9. The Labute approximate surface area is 179 Å². The molecule has 3 rings (SSSR count). The van der Waals surface area contributed by atoms with Gasteiger partial charge in [0.15, 0.2) is 6.10 Å². The monoisotopic (exact) mass is 430 g/mol. The van der Waals surface area contributed by atoms with E-state index in [1.54, 1.807) is 35.5 Å². The second-order valence-electron chi connectivity index (χ2n) is 7.55. The Morgan fingerprint density at radius 3 is 2.30 bits per heavy atom. The lowest BCUT2D eigenvalue weighted by Crippen LogP contribution is -2.32. The van der Waals surface area contributed by atoms with Crippen molar-refractivity contribution in [1.29, 1.82) is 0 Å². The van der Waals surface area contributed by atoms with E-state index in [0.29, 0.717) is 24.5 Å². The topological polar surface area (TPSA) is 75.7 Å². The summed E-state index contributed by atoms with van der Waals surface area (Å²) in [6.07, 6.45) is 4.06. The highest BCUT2D eigenvalue weighted by molar-refractivity contribution is 7.89. The fourth-order valence-electron chi connectivity index (χ4n) is 3.54. The van der Waals surface area contributed by atoms with E-state index in [1.807, 2.05) is 31.2 Å². The average Bonchev–Trinajstić information content (AvgIpc) is 3.04. The molecule has 1 heterocycles. The maximum Gasteiger partial charge on any atom is 0.265 e. The van der Waals surface area contributed by atoms with Crippen LogP contribution in [0.25, 0.3) is 0 Å². The van der Waals surface area contributed by atoms with Gasteiger partial charge in [0.2, 0.25) is 10.0 Å². The molecule has 0 aromatic heterocycles. The van der Waals surface area contributed by atoms with Crippen LogP contribution in [-0.2, 0) is 21.2 Å². The number of hydrogen-bond acceptors (Lipinski definition) is 4. The predicted octanol–water partition coefficient (Wildman–Crippen LogP) is 4.22. The number of carbonyl (C=O) groups is 1. The minimum absolute atomic E-state index is 0.253. The van der Waals surface area contributed by atoms with Crippen LogP contribution in [0, 0.1) is 0 Å². The van der Waals surface area contributed by atoms with Crippen LogP contribution in [-0.4, -0.2) is 37.8 Å². The van der Waals surface area contributed by atoms with Crippen molar-refractivity contribution in [2.24, 2.45) is 0 Å². The van der Waals surface area contributed by atoms with E-state index in [2.05, 4.69) is 5.32 Å². The second kappa shape index (κ2) is 10.1. The molecule has 1 aliphatic rings. The van der Waals surface area contributed by atoms with Crippen molar-refractivity contribution in [2.45, 2.75) is 57.0 Å². The SMILES string of the molecule is CCc1ccccc1O[C@@H](C)C(=O)Nc1ccc(S(=O)(=O)N2CCCCCC2)cc1. The molecule has 0 spiro atoms. The van der Waals surface area contributed by atoms with E-state index in [1.165, 1.54) is 0 Å². The van der Waals surface area contributed by atoms with Gasteiger partial charge >= 0.3 is 0 Å². The van der Waals surface area contributed by atoms with Crippen molar-refractivity contribution in [2.75, 3.05) is 18.4 Å². The molecule has 1 amide bonds. The summed E-state index contributed by atoms with van der Waals surface area (Å²) in [6.45, 7) is 4.86. The lowest BCUT2D eigenvalue weighted by Gasteiger charge is -2.20. The van der Waals surface area contributed by atoms with Gasteiger partial charge in [-0.05, 0) is 62.1 Å². The van der Waals surface area contributed by atoms with Crippen LogP contribution in [0.5, 0.6) is 5.75 Å². The van der Waals surface area contributed by atoms with E-state index >= 15 is 0 Å². The summed E-state index contributed by atoms with van der Waals surface area (Å²) >= 11 is 0. The molecule has 2 aromatic carbocycles. The summed E-state index contributed by atoms with van der Waals surface area (Å²) in [6, 6.07) is 14.0. The number of nitrogens with zero attached hydrogens (tertiary/aromatic N) is 1. The molecule has 162 valence electrons. The molecular weight excluding hydrogens is 400 g/mol. The molecule has 0 saturated carbocycles. The molecular formula is C23H30N2O4S. The van der Waals surface area contributed by atoms with E-state index < -0.39 is 16.1 Å². The zero-order chi connectivity index (χ0) is 21.6. The zero-order valence-corrected chi connectivity index (χ0v) is 18.5. The van der Waals surface area contributed by atoms with Gasteiger partial charge in [0.05, 0.1) is 4.90 Å². The number of ether oxygens (including phenoxy) is 1. The lowest BCUT2D eigenvalue weighted by atomic mass is 10.1. The Kier molecular flexibility index (Phi) is 7.50. The number of sulfonamides is 1. The number of carbonyl (C=O) groups excluding carboxylic acids is 1. The van der Waals surface area contributed by atoms with E-state index in [-0.39, 0.29) is 10.8 Å². The summed E-state index contributed by atoms with van der Waals surface area (Å²) in [5, 5.41) is 2.80. The molecule has 0 radical (unpaired) electrons. The van der Waals surface area contributed by atoms with Crippen molar-refractivity contribution >= 4 is 21.6 Å². The van der Waals surface area contributed by atoms with Gasteiger partial charge in [-0.1, -0.05) is 38.0 Å². The minimum atomic E-state index is -3.50. The predicted molar refractivity (Wildman–Crippen MR) is 118 cm³/mol. The van der Waals surface area contributed by atoms with E-state index in [4.69, 9.17) is 4.74 Å². The first-order chi connectivity index (χ1) is 14.4. The fourth-order valence-corrected chi connectivity index (χ4v) is 5.06. The number of rotatable bonds is 7. The van der Waals surface area contributed by atoms with Gasteiger partial charge in [-0.3, -0.25) is 4.79 Å². The number of amides is 1. The summed E-state index contributed by atoms with van der Waals surface area (Å²) in [5.74, 6) is 0.408. The molecule has 2 aromatic rings. The Hall–Kier alpha value is -2.38. The normalized spacial score (nSPS) is 16.5. The number of aryl methyl sites for hydroxylation is 1. The third-order valence-corrected chi connectivity index (χ3v) is 7.26. The first-order valence-electron chi connectivity index (χ1n) is 10.6.